The molecular weight excluding hydrogens is 136 g/mol. The highest BCUT2D eigenvalue weighted by Crippen LogP contribution is 1.65. The van der Waals surface area contributed by atoms with Gasteiger partial charge >= 0.3 is 0 Å². The largest absolute Gasteiger partial charge is 0.465 e. The lowest BCUT2D eigenvalue weighted by Crippen LogP contribution is -3.06. The van der Waals surface area contributed by atoms with Crippen LogP contribution in [0.1, 0.15) is 13.8 Å². The maximum Gasteiger partial charge on any atom is 0.0717 e. The molecule has 0 saturated heterocycles. The van der Waals surface area contributed by atoms with Gasteiger partial charge in [0, 0.05) is 6.54 Å². The van der Waals surface area contributed by atoms with E-state index < -0.39 is 0 Å². The standard InChI is InChI=1S/C9H20N2/c1-4-10-8-6-7-9-11(3)5-2/h6-7,10-11H,3-5,8-9H2,1-2H3. The molecule has 11 heavy (non-hydrogen) atoms. The van der Waals surface area contributed by atoms with Crippen LogP contribution in [0.5, 0.6) is 0 Å². The first-order chi connectivity index (χ1) is 5.31. The second-order valence-corrected chi connectivity index (χ2v) is 2.59. The van der Waals surface area contributed by atoms with E-state index in [0.29, 0.717) is 0 Å². The second-order valence-electron chi connectivity index (χ2n) is 2.59. The Morgan fingerprint density at radius 2 is 2.09 bits per heavy atom. The third-order valence-electron chi connectivity index (χ3n) is 1.59. The molecule has 0 aromatic carbocycles. The van der Waals surface area contributed by atoms with Gasteiger partial charge in [-0.2, -0.15) is 7.05 Å². The molecule has 0 heterocycles. The molecular formula is C9H20N2. The molecule has 0 saturated carbocycles. The average molecular weight is 156 g/mol. The van der Waals surface area contributed by atoms with Gasteiger partial charge in [0.1, 0.15) is 0 Å². The third-order valence-corrected chi connectivity index (χ3v) is 1.59. The summed E-state index contributed by atoms with van der Waals surface area (Å²) in [6.45, 7) is 8.39. The number of nitrogens with one attached hydrogen (secondary N) is 2. The van der Waals surface area contributed by atoms with Crippen molar-refractivity contribution in [1.29, 1.82) is 0 Å². The van der Waals surface area contributed by atoms with Crippen LogP contribution < -0.4 is 10.2 Å². The number of hydrogen-bond donors (Lipinski definition) is 2. The van der Waals surface area contributed by atoms with Crippen LogP contribution in [0, 0.1) is 7.05 Å². The lowest BCUT2D eigenvalue weighted by Gasteiger charge is -2.15. The van der Waals surface area contributed by atoms with Crippen LogP contribution in [-0.2, 0) is 0 Å². The molecule has 0 spiro atoms. The Morgan fingerprint density at radius 3 is 2.64 bits per heavy atom. The summed E-state index contributed by atoms with van der Waals surface area (Å²) < 4.78 is 0. The molecule has 2 heteroatoms. The van der Waals surface area contributed by atoms with E-state index in [9.17, 15) is 0 Å². The van der Waals surface area contributed by atoms with Crippen molar-refractivity contribution in [3.63, 3.8) is 0 Å². The van der Waals surface area contributed by atoms with E-state index in [0.717, 1.165) is 26.2 Å². The number of quaternary nitrogens is 1. The van der Waals surface area contributed by atoms with Crippen LogP contribution in [0.15, 0.2) is 12.2 Å². The molecule has 1 unspecified atom stereocenters. The molecule has 0 aliphatic carbocycles. The molecule has 2 N–H and O–H groups in total. The van der Waals surface area contributed by atoms with Gasteiger partial charge in [0.15, 0.2) is 0 Å². The van der Waals surface area contributed by atoms with Gasteiger partial charge in [0.05, 0.1) is 13.1 Å². The van der Waals surface area contributed by atoms with Crippen LogP contribution in [0.25, 0.3) is 0 Å². The van der Waals surface area contributed by atoms with Crippen molar-refractivity contribution in [1.82, 2.24) is 5.32 Å². The van der Waals surface area contributed by atoms with Crippen molar-refractivity contribution in [3.05, 3.63) is 19.2 Å². The first-order valence-corrected chi connectivity index (χ1v) is 4.33. The molecule has 0 aliphatic rings. The fourth-order valence-corrected chi connectivity index (χ4v) is 0.705. The Labute approximate surface area is 70.3 Å². The van der Waals surface area contributed by atoms with Crippen molar-refractivity contribution < 1.29 is 4.90 Å². The van der Waals surface area contributed by atoms with Gasteiger partial charge in [-0.3, -0.25) is 0 Å². The minimum absolute atomic E-state index is 0.980. The molecule has 0 aromatic rings. The summed E-state index contributed by atoms with van der Waals surface area (Å²) in [7, 11) is 3.92. The fraction of sp³-hybridized carbons (Fsp3) is 0.667. The normalized spacial score (nSPS) is 14.1. The molecule has 66 valence electrons. The van der Waals surface area contributed by atoms with E-state index in [1.54, 1.807) is 0 Å². The van der Waals surface area contributed by atoms with E-state index in [4.69, 9.17) is 0 Å². The van der Waals surface area contributed by atoms with Crippen molar-refractivity contribution in [2.24, 2.45) is 0 Å². The highest BCUT2D eigenvalue weighted by Gasteiger charge is 1.84. The molecule has 0 bridgehead atoms. The van der Waals surface area contributed by atoms with E-state index in [1.165, 1.54) is 4.90 Å². The quantitative estimate of drug-likeness (QED) is 0.310. The van der Waals surface area contributed by atoms with Gasteiger partial charge in [-0.25, -0.2) is 0 Å². The Kier molecular flexibility index (Phi) is 7.52. The lowest BCUT2D eigenvalue weighted by molar-refractivity contribution is -0.845. The average Bonchev–Trinajstić information content (AvgIpc) is 2.04. The molecule has 0 rings (SSSR count). The summed E-state index contributed by atoms with van der Waals surface area (Å²) in [5.41, 5.74) is 0. The van der Waals surface area contributed by atoms with Crippen LogP contribution in [0.4, 0.5) is 0 Å². The zero-order valence-electron chi connectivity index (χ0n) is 7.69. The minimum Gasteiger partial charge on any atom is -0.465 e. The van der Waals surface area contributed by atoms with Gasteiger partial charge in [0.25, 0.3) is 0 Å². The summed E-state index contributed by atoms with van der Waals surface area (Å²) in [6, 6.07) is 0. The Bertz CT molecular complexity index is 99.7. The zero-order valence-corrected chi connectivity index (χ0v) is 7.69. The van der Waals surface area contributed by atoms with Crippen molar-refractivity contribution in [2.45, 2.75) is 13.8 Å². The van der Waals surface area contributed by atoms with E-state index >= 15 is 0 Å². The monoisotopic (exact) mass is 156 g/mol. The highest BCUT2D eigenvalue weighted by molar-refractivity contribution is 4.82. The summed E-state index contributed by atoms with van der Waals surface area (Å²) in [4.78, 5) is 1.30. The topological polar surface area (TPSA) is 16.5 Å². The van der Waals surface area contributed by atoms with Gasteiger partial charge in [0.2, 0.25) is 0 Å². The molecule has 0 radical (unpaired) electrons. The van der Waals surface area contributed by atoms with Crippen LogP contribution in [0.3, 0.4) is 0 Å². The molecule has 0 amide bonds. The number of hydrogen-bond acceptors (Lipinski definition) is 1. The maximum absolute atomic E-state index is 3.92. The van der Waals surface area contributed by atoms with Crippen LogP contribution >= 0.6 is 0 Å². The minimum atomic E-state index is 0.980. The van der Waals surface area contributed by atoms with Crippen LogP contribution in [-0.4, -0.2) is 26.2 Å². The van der Waals surface area contributed by atoms with Gasteiger partial charge in [-0.15, -0.1) is 0 Å². The summed E-state index contributed by atoms with van der Waals surface area (Å²) in [5.74, 6) is 0. The van der Waals surface area contributed by atoms with Gasteiger partial charge in [-0.1, -0.05) is 13.0 Å². The fourth-order valence-electron chi connectivity index (χ4n) is 0.705. The van der Waals surface area contributed by atoms with E-state index in [1.807, 2.05) is 0 Å². The smallest absolute Gasteiger partial charge is 0.0717 e. The van der Waals surface area contributed by atoms with Crippen molar-refractivity contribution >= 4 is 0 Å². The number of rotatable bonds is 6. The van der Waals surface area contributed by atoms with Gasteiger partial charge < -0.3 is 10.2 Å². The van der Waals surface area contributed by atoms with Crippen LogP contribution in [0.2, 0.25) is 0 Å². The summed E-state index contributed by atoms with van der Waals surface area (Å²) in [5, 5.41) is 3.22. The Hall–Kier alpha value is -0.340. The third kappa shape index (κ3) is 7.56. The Morgan fingerprint density at radius 1 is 1.36 bits per heavy atom. The zero-order chi connectivity index (χ0) is 8.53. The molecule has 0 fully saturated rings. The number of likely N-dealkylation sites (N-methyl/N-ethyl adjacent to an activating group) is 2. The van der Waals surface area contributed by atoms with E-state index in [2.05, 4.69) is 38.4 Å². The molecule has 0 aromatic heterocycles. The first-order valence-electron chi connectivity index (χ1n) is 4.33. The van der Waals surface area contributed by atoms with Gasteiger partial charge in [-0.05, 0) is 19.5 Å². The lowest BCUT2D eigenvalue weighted by atomic mass is 10.4. The Balaban J connectivity index is 3.15. The highest BCUT2D eigenvalue weighted by atomic mass is 15.1. The predicted molar refractivity (Wildman–Crippen MR) is 49.4 cm³/mol. The SMILES string of the molecule is [CH2-][NH+](CC)CC=CCNCC. The van der Waals surface area contributed by atoms with Crippen molar-refractivity contribution in [2.75, 3.05) is 26.2 Å². The summed E-state index contributed by atoms with van der Waals surface area (Å²) in [6.07, 6.45) is 4.33. The molecule has 2 nitrogen and oxygen atoms in total. The maximum atomic E-state index is 3.92. The predicted octanol–water partition coefficient (Wildman–Crippen LogP) is -0.152. The van der Waals surface area contributed by atoms with E-state index in [-0.39, 0.29) is 0 Å². The second kappa shape index (κ2) is 7.76. The van der Waals surface area contributed by atoms with Crippen molar-refractivity contribution in [3.8, 4) is 0 Å². The molecule has 1 atom stereocenters. The first kappa shape index (κ1) is 10.7. The summed E-state index contributed by atoms with van der Waals surface area (Å²) >= 11 is 0. The molecule has 0 aliphatic heterocycles.